The monoisotopic (exact) mass is 746 g/mol. The van der Waals surface area contributed by atoms with Crippen molar-refractivity contribution >= 4 is 43.4 Å². The number of nitro groups is 1. The molecule has 14 heteroatoms. The summed E-state index contributed by atoms with van der Waals surface area (Å²) in [6.45, 7) is 5.92. The number of para-hydroxylation sites is 1. The number of aromatic nitrogens is 3. The molecule has 1 spiro atoms. The van der Waals surface area contributed by atoms with Crippen molar-refractivity contribution < 1.29 is 29.2 Å². The van der Waals surface area contributed by atoms with Crippen molar-refractivity contribution in [1.29, 1.82) is 0 Å². The van der Waals surface area contributed by atoms with Gasteiger partial charge in [0, 0.05) is 53.3 Å². The first-order valence-corrected chi connectivity index (χ1v) is 20.9. The van der Waals surface area contributed by atoms with Gasteiger partial charge in [0.1, 0.15) is 0 Å². The Hall–Kier alpha value is -5.54. The Bertz CT molecular complexity index is 2140. The van der Waals surface area contributed by atoms with E-state index >= 15 is 0 Å². The maximum atomic E-state index is 14.9. The van der Waals surface area contributed by atoms with Crippen molar-refractivity contribution in [3.63, 3.8) is 0 Å². The van der Waals surface area contributed by atoms with E-state index in [-0.39, 0.29) is 30.7 Å². The number of carbonyl (C=O) groups excluding carboxylic acids is 2. The number of aryl methyl sites for hydroxylation is 1. The van der Waals surface area contributed by atoms with E-state index in [0.29, 0.717) is 41.3 Å². The highest BCUT2D eigenvalue weighted by molar-refractivity contribution is 6.71. The van der Waals surface area contributed by atoms with Gasteiger partial charge in [-0.3, -0.25) is 29.3 Å². The lowest BCUT2D eigenvalue weighted by atomic mass is 9.82. The second kappa shape index (κ2) is 14.7. The molecule has 7 rings (SSSR count). The summed E-state index contributed by atoms with van der Waals surface area (Å²) in [4.78, 5) is 53.3. The zero-order chi connectivity index (χ0) is 38.2. The van der Waals surface area contributed by atoms with Crippen LogP contribution in [0.15, 0.2) is 109 Å². The Morgan fingerprint density at radius 2 is 1.69 bits per heavy atom. The standard InChI is InChI=1S/C40H42N6O7Si/c1-27-38(54(2,3)52)37(20-21-43-24-35(41-42-43)33(25-47)29-10-6-4-7-11-29)53-40(27)34-22-32(46(50)51)18-19-36(34)44(39(40)49)23-28-14-16-31(17-15-28)45(26-48)30-12-8-5-9-13-30/h4-19,22,24,26-27,33,37-38,47,52H,20-21,23,25H2,1-3H3/t27-,33?,37+,38-,40+/m1/s1. The van der Waals surface area contributed by atoms with Gasteiger partial charge in [-0.2, -0.15) is 0 Å². The topological polar surface area (TPSA) is 164 Å². The average molecular weight is 747 g/mol. The molecule has 0 radical (unpaired) electrons. The number of anilines is 3. The second-order valence-electron chi connectivity index (χ2n) is 14.5. The molecule has 278 valence electrons. The number of nitrogens with zero attached hydrogens (tertiary/aromatic N) is 6. The van der Waals surface area contributed by atoms with Crippen LogP contribution in [0, 0.1) is 16.0 Å². The molecule has 1 unspecified atom stereocenters. The van der Waals surface area contributed by atoms with Crippen LogP contribution in [0.25, 0.3) is 0 Å². The van der Waals surface area contributed by atoms with Crippen molar-refractivity contribution in [1.82, 2.24) is 15.0 Å². The van der Waals surface area contributed by atoms with Gasteiger partial charge in [-0.05, 0) is 61.0 Å². The van der Waals surface area contributed by atoms with Crippen LogP contribution in [0.3, 0.4) is 0 Å². The number of hydrogen-bond acceptors (Lipinski definition) is 9. The molecule has 54 heavy (non-hydrogen) atoms. The molecule has 2 N–H and O–H groups in total. The molecule has 5 aromatic rings. The molecular formula is C40H42N6O7Si. The average Bonchev–Trinajstić information content (AvgIpc) is 3.83. The quantitative estimate of drug-likeness (QED) is 0.0633. The van der Waals surface area contributed by atoms with Crippen LogP contribution in [-0.2, 0) is 33.0 Å². The molecule has 3 heterocycles. The smallest absolute Gasteiger partial charge is 0.269 e. The first kappa shape index (κ1) is 36.8. The Morgan fingerprint density at radius 1 is 1.02 bits per heavy atom. The van der Waals surface area contributed by atoms with Gasteiger partial charge in [-0.25, -0.2) is 0 Å². The molecule has 4 aromatic carbocycles. The van der Waals surface area contributed by atoms with Gasteiger partial charge in [0.05, 0.1) is 41.5 Å². The molecular weight excluding hydrogens is 705 g/mol. The number of amides is 2. The van der Waals surface area contributed by atoms with E-state index in [9.17, 15) is 29.6 Å². The summed E-state index contributed by atoms with van der Waals surface area (Å²) in [5.74, 6) is -1.22. The summed E-state index contributed by atoms with van der Waals surface area (Å²) in [5.41, 5.74) is 2.45. The van der Waals surface area contributed by atoms with Crippen molar-refractivity contribution in [3.8, 4) is 0 Å². The summed E-state index contributed by atoms with van der Waals surface area (Å²) in [6, 6.07) is 30.5. The number of carbonyl (C=O) groups is 2. The van der Waals surface area contributed by atoms with Gasteiger partial charge < -0.3 is 19.5 Å². The molecule has 2 amide bonds. The van der Waals surface area contributed by atoms with E-state index in [4.69, 9.17) is 4.74 Å². The number of non-ortho nitro benzene ring substituents is 1. The van der Waals surface area contributed by atoms with Crippen LogP contribution in [0.4, 0.5) is 22.7 Å². The minimum atomic E-state index is -3.02. The SMILES string of the molecule is C[C@@H]1[C@@H]([Si](C)(C)O)[C@H](CCn2cc(C(CO)c3ccccc3)nn2)O[C@@]12C(=O)N(Cc1ccc(N(C=O)c3ccccc3)cc1)c1ccc([N+](=O)[O-])cc12. The van der Waals surface area contributed by atoms with Crippen LogP contribution in [0.1, 0.15) is 41.6 Å². The Kier molecular flexibility index (Phi) is 10.0. The van der Waals surface area contributed by atoms with Gasteiger partial charge in [-0.1, -0.05) is 72.8 Å². The Morgan fingerprint density at radius 3 is 2.31 bits per heavy atom. The van der Waals surface area contributed by atoms with Crippen molar-refractivity contribution in [2.45, 2.75) is 62.7 Å². The fourth-order valence-corrected chi connectivity index (χ4v) is 10.9. The molecule has 2 aliphatic heterocycles. The van der Waals surface area contributed by atoms with Gasteiger partial charge in [0.25, 0.3) is 11.6 Å². The Labute approximate surface area is 313 Å². The molecule has 5 atom stereocenters. The minimum absolute atomic E-state index is 0.139. The maximum absolute atomic E-state index is 14.9. The lowest BCUT2D eigenvalue weighted by Gasteiger charge is -2.32. The molecule has 0 aliphatic carbocycles. The summed E-state index contributed by atoms with van der Waals surface area (Å²) in [6.07, 6.45) is 2.35. The van der Waals surface area contributed by atoms with Gasteiger partial charge in [0.15, 0.2) is 13.9 Å². The van der Waals surface area contributed by atoms with Gasteiger partial charge in [0.2, 0.25) is 6.41 Å². The number of rotatable bonds is 13. The molecule has 13 nitrogen and oxygen atoms in total. The largest absolute Gasteiger partial charge is 0.432 e. The summed E-state index contributed by atoms with van der Waals surface area (Å²) >= 11 is 0. The van der Waals surface area contributed by atoms with E-state index in [1.807, 2.05) is 105 Å². The van der Waals surface area contributed by atoms with Crippen molar-refractivity contribution in [2.75, 3.05) is 16.4 Å². The highest BCUT2D eigenvalue weighted by Crippen LogP contribution is 2.60. The predicted octanol–water partition coefficient (Wildman–Crippen LogP) is 6.04. The maximum Gasteiger partial charge on any atom is 0.269 e. The molecule has 1 fully saturated rings. The van der Waals surface area contributed by atoms with Gasteiger partial charge >= 0.3 is 0 Å². The number of hydrogen-bond donors (Lipinski definition) is 2. The molecule has 1 saturated heterocycles. The summed E-state index contributed by atoms with van der Waals surface area (Å²) in [5, 5.41) is 30.9. The number of benzene rings is 4. The molecule has 2 aliphatic rings. The minimum Gasteiger partial charge on any atom is -0.432 e. The van der Waals surface area contributed by atoms with Crippen LogP contribution in [0.2, 0.25) is 18.6 Å². The number of nitro benzene ring substituents is 1. The molecule has 1 aromatic heterocycles. The van der Waals surface area contributed by atoms with E-state index in [0.717, 1.165) is 17.5 Å². The lowest BCUT2D eigenvalue weighted by Crippen LogP contribution is -2.46. The zero-order valence-electron chi connectivity index (χ0n) is 30.2. The highest BCUT2D eigenvalue weighted by atomic mass is 28.4. The zero-order valence-corrected chi connectivity index (χ0v) is 31.2. The van der Waals surface area contributed by atoms with Crippen LogP contribution in [0.5, 0.6) is 0 Å². The fourth-order valence-electron chi connectivity index (χ4n) is 8.31. The normalized spacial score (nSPS) is 21.3. The van der Waals surface area contributed by atoms with Crippen molar-refractivity contribution in [3.05, 3.63) is 142 Å². The number of aliphatic hydroxyl groups excluding tert-OH is 1. The Balaban J connectivity index is 1.18. The predicted molar refractivity (Wildman–Crippen MR) is 205 cm³/mol. The lowest BCUT2D eigenvalue weighted by molar-refractivity contribution is -0.385. The third kappa shape index (κ3) is 6.62. The fraction of sp³-hybridized carbons (Fsp3) is 0.300. The van der Waals surface area contributed by atoms with E-state index in [2.05, 4.69) is 10.3 Å². The highest BCUT2D eigenvalue weighted by Gasteiger charge is 2.66. The third-order valence-electron chi connectivity index (χ3n) is 10.8. The number of ether oxygens (including phenoxy) is 1. The molecule has 0 bridgehead atoms. The van der Waals surface area contributed by atoms with E-state index in [1.165, 1.54) is 17.0 Å². The van der Waals surface area contributed by atoms with Crippen molar-refractivity contribution in [2.24, 2.45) is 5.92 Å². The third-order valence-corrected chi connectivity index (χ3v) is 13.3. The molecule has 0 saturated carbocycles. The first-order valence-electron chi connectivity index (χ1n) is 17.9. The van der Waals surface area contributed by atoms with Crippen LogP contribution < -0.4 is 9.80 Å². The summed E-state index contributed by atoms with van der Waals surface area (Å²) < 4.78 is 8.58. The van der Waals surface area contributed by atoms with Crippen LogP contribution >= 0.6 is 0 Å². The van der Waals surface area contributed by atoms with E-state index < -0.39 is 36.4 Å². The summed E-state index contributed by atoms with van der Waals surface area (Å²) in [7, 11) is -3.02. The second-order valence-corrected chi connectivity index (χ2v) is 18.5. The van der Waals surface area contributed by atoms with Gasteiger partial charge in [-0.15, -0.1) is 5.10 Å². The number of aliphatic hydroxyl groups is 1. The first-order chi connectivity index (χ1) is 26.0. The number of fused-ring (bicyclic) bond motifs is 2. The van der Waals surface area contributed by atoms with E-state index in [1.54, 1.807) is 21.8 Å². The van der Waals surface area contributed by atoms with Crippen LogP contribution in [-0.4, -0.2) is 63.2 Å².